The molecule has 0 spiro atoms. The molecule has 5 nitrogen and oxygen atoms in total. The third-order valence-electron chi connectivity index (χ3n) is 3.35. The highest BCUT2D eigenvalue weighted by molar-refractivity contribution is 5.77. The van der Waals surface area contributed by atoms with Crippen molar-refractivity contribution in [3.8, 4) is 0 Å². The summed E-state index contributed by atoms with van der Waals surface area (Å²) in [6.07, 6.45) is 5.47. The van der Waals surface area contributed by atoms with Crippen LogP contribution < -0.4 is 10.6 Å². The van der Waals surface area contributed by atoms with Crippen LogP contribution in [-0.4, -0.2) is 43.2 Å². The van der Waals surface area contributed by atoms with E-state index in [9.17, 15) is 4.79 Å². The Morgan fingerprint density at radius 3 is 3.00 bits per heavy atom. The largest absolute Gasteiger partial charge is 0.378 e. The molecule has 1 aromatic heterocycles. The highest BCUT2D eigenvalue weighted by atomic mass is 16.5. The van der Waals surface area contributed by atoms with Crippen LogP contribution in [0.4, 0.5) is 0 Å². The fraction of sp³-hybridized carbons (Fsp3) is 0.600. The van der Waals surface area contributed by atoms with E-state index in [2.05, 4.69) is 15.6 Å². The Hall–Kier alpha value is -1.46. The molecule has 0 radical (unpaired) electrons. The highest BCUT2D eigenvalue weighted by Gasteiger charge is 2.12. The van der Waals surface area contributed by atoms with Gasteiger partial charge < -0.3 is 15.4 Å². The number of amides is 1. The van der Waals surface area contributed by atoms with Gasteiger partial charge >= 0.3 is 0 Å². The van der Waals surface area contributed by atoms with Gasteiger partial charge in [-0.05, 0) is 44.5 Å². The SMILES string of the molecule is O=C(Cc1ccccn1)NCCCOC1CCNCC1. The van der Waals surface area contributed by atoms with E-state index in [0.717, 1.165) is 38.0 Å². The topological polar surface area (TPSA) is 63.2 Å². The van der Waals surface area contributed by atoms with E-state index in [1.165, 1.54) is 0 Å². The molecule has 2 N–H and O–H groups in total. The second-order valence-electron chi connectivity index (χ2n) is 5.02. The molecule has 2 rings (SSSR count). The van der Waals surface area contributed by atoms with Gasteiger partial charge in [0.25, 0.3) is 0 Å². The van der Waals surface area contributed by atoms with Gasteiger partial charge in [-0.3, -0.25) is 9.78 Å². The van der Waals surface area contributed by atoms with Crippen molar-refractivity contribution >= 4 is 5.91 Å². The van der Waals surface area contributed by atoms with Crippen LogP contribution in [0.25, 0.3) is 0 Å². The maximum Gasteiger partial charge on any atom is 0.226 e. The van der Waals surface area contributed by atoms with Gasteiger partial charge in [-0.1, -0.05) is 6.07 Å². The summed E-state index contributed by atoms with van der Waals surface area (Å²) in [6, 6.07) is 5.60. The molecule has 0 bridgehead atoms. The molecule has 0 aromatic carbocycles. The number of nitrogens with zero attached hydrogens (tertiary/aromatic N) is 1. The summed E-state index contributed by atoms with van der Waals surface area (Å²) < 4.78 is 5.78. The summed E-state index contributed by atoms with van der Waals surface area (Å²) in [5, 5.41) is 6.21. The van der Waals surface area contributed by atoms with E-state index in [-0.39, 0.29) is 5.91 Å². The van der Waals surface area contributed by atoms with Crippen molar-refractivity contribution in [3.05, 3.63) is 30.1 Å². The minimum absolute atomic E-state index is 0.0190. The maximum absolute atomic E-state index is 11.7. The van der Waals surface area contributed by atoms with E-state index in [4.69, 9.17) is 4.74 Å². The van der Waals surface area contributed by atoms with E-state index in [1.54, 1.807) is 6.20 Å². The number of nitrogens with one attached hydrogen (secondary N) is 2. The van der Waals surface area contributed by atoms with Crippen LogP contribution in [0.5, 0.6) is 0 Å². The lowest BCUT2D eigenvalue weighted by atomic mass is 10.1. The Bertz CT molecular complexity index is 391. The van der Waals surface area contributed by atoms with Gasteiger partial charge in [-0.25, -0.2) is 0 Å². The van der Waals surface area contributed by atoms with Gasteiger partial charge in [-0.2, -0.15) is 0 Å². The monoisotopic (exact) mass is 277 g/mol. The fourth-order valence-corrected chi connectivity index (χ4v) is 2.24. The minimum atomic E-state index is 0.0190. The lowest BCUT2D eigenvalue weighted by molar-refractivity contribution is -0.120. The molecule has 1 amide bonds. The summed E-state index contributed by atoms with van der Waals surface area (Å²) in [5.41, 5.74) is 0.802. The minimum Gasteiger partial charge on any atom is -0.378 e. The molecule has 5 heteroatoms. The van der Waals surface area contributed by atoms with Gasteiger partial charge in [0, 0.05) is 25.0 Å². The first-order valence-electron chi connectivity index (χ1n) is 7.33. The number of aromatic nitrogens is 1. The number of rotatable bonds is 7. The molecule has 1 aliphatic rings. The zero-order valence-electron chi connectivity index (χ0n) is 11.8. The molecule has 1 saturated heterocycles. The average Bonchev–Trinajstić information content (AvgIpc) is 2.49. The smallest absolute Gasteiger partial charge is 0.226 e. The second kappa shape index (κ2) is 8.66. The highest BCUT2D eigenvalue weighted by Crippen LogP contribution is 2.07. The standard InChI is InChI=1S/C15H23N3O2/c19-15(12-13-4-1-2-7-17-13)18-8-3-11-20-14-5-9-16-10-6-14/h1-2,4,7,14,16H,3,5-6,8-12H2,(H,18,19). The molecule has 0 aliphatic carbocycles. The van der Waals surface area contributed by atoms with Gasteiger partial charge in [0.2, 0.25) is 5.91 Å². The molecular weight excluding hydrogens is 254 g/mol. The third kappa shape index (κ3) is 5.67. The molecule has 2 heterocycles. The second-order valence-corrected chi connectivity index (χ2v) is 5.02. The number of piperidine rings is 1. The van der Waals surface area contributed by atoms with Crippen molar-refractivity contribution in [2.45, 2.75) is 31.8 Å². The number of pyridine rings is 1. The number of ether oxygens (including phenoxy) is 1. The van der Waals surface area contributed by atoms with Crippen molar-refractivity contribution in [3.63, 3.8) is 0 Å². The Morgan fingerprint density at radius 2 is 2.25 bits per heavy atom. The van der Waals surface area contributed by atoms with Crippen molar-refractivity contribution < 1.29 is 9.53 Å². The Morgan fingerprint density at radius 1 is 1.40 bits per heavy atom. The summed E-state index contributed by atoms with van der Waals surface area (Å²) in [4.78, 5) is 15.8. The quantitative estimate of drug-likeness (QED) is 0.727. The zero-order chi connectivity index (χ0) is 14.0. The molecule has 20 heavy (non-hydrogen) atoms. The Balaban J connectivity index is 1.51. The number of carbonyl (C=O) groups is 1. The first-order chi connectivity index (χ1) is 9.84. The average molecular weight is 277 g/mol. The van der Waals surface area contributed by atoms with Gasteiger partial charge in [0.05, 0.1) is 12.5 Å². The zero-order valence-corrected chi connectivity index (χ0v) is 11.8. The predicted molar refractivity (Wildman–Crippen MR) is 77.4 cm³/mol. The molecule has 110 valence electrons. The first kappa shape index (κ1) is 14.9. The van der Waals surface area contributed by atoms with Crippen LogP contribution in [0.2, 0.25) is 0 Å². The number of hydrogen-bond acceptors (Lipinski definition) is 4. The molecule has 1 aromatic rings. The maximum atomic E-state index is 11.7. The van der Waals surface area contributed by atoms with E-state index < -0.39 is 0 Å². The van der Waals surface area contributed by atoms with Gasteiger partial charge in [0.15, 0.2) is 0 Å². The normalized spacial score (nSPS) is 16.0. The Kier molecular flexibility index (Phi) is 6.47. The molecule has 1 aliphatic heterocycles. The summed E-state index contributed by atoms with van der Waals surface area (Å²) in [6.45, 7) is 3.47. The molecule has 0 saturated carbocycles. The van der Waals surface area contributed by atoms with Crippen LogP contribution in [0.3, 0.4) is 0 Å². The van der Waals surface area contributed by atoms with Gasteiger partial charge in [0.1, 0.15) is 0 Å². The van der Waals surface area contributed by atoms with Crippen molar-refractivity contribution in [1.82, 2.24) is 15.6 Å². The lowest BCUT2D eigenvalue weighted by Crippen LogP contribution is -2.33. The summed E-state index contributed by atoms with van der Waals surface area (Å²) in [7, 11) is 0. The lowest BCUT2D eigenvalue weighted by Gasteiger charge is -2.22. The number of hydrogen-bond donors (Lipinski definition) is 2. The van der Waals surface area contributed by atoms with Crippen LogP contribution >= 0.6 is 0 Å². The first-order valence-corrected chi connectivity index (χ1v) is 7.33. The van der Waals surface area contributed by atoms with Gasteiger partial charge in [-0.15, -0.1) is 0 Å². The van der Waals surface area contributed by atoms with Crippen molar-refractivity contribution in [1.29, 1.82) is 0 Å². The van der Waals surface area contributed by atoms with Crippen molar-refractivity contribution in [2.75, 3.05) is 26.2 Å². The van der Waals surface area contributed by atoms with E-state index >= 15 is 0 Å². The molecule has 0 unspecified atom stereocenters. The van der Waals surface area contributed by atoms with Crippen LogP contribution in [0.1, 0.15) is 25.0 Å². The van der Waals surface area contributed by atoms with E-state index in [1.807, 2.05) is 18.2 Å². The van der Waals surface area contributed by atoms with Crippen molar-refractivity contribution in [2.24, 2.45) is 0 Å². The predicted octanol–water partition coefficient (Wildman–Crippen LogP) is 0.899. The van der Waals surface area contributed by atoms with Crippen LogP contribution in [0, 0.1) is 0 Å². The number of carbonyl (C=O) groups excluding carboxylic acids is 1. The Labute approximate surface area is 120 Å². The third-order valence-corrected chi connectivity index (χ3v) is 3.35. The fourth-order valence-electron chi connectivity index (χ4n) is 2.24. The molecule has 1 fully saturated rings. The van der Waals surface area contributed by atoms with Crippen LogP contribution in [-0.2, 0) is 16.0 Å². The molecule has 0 atom stereocenters. The molecular formula is C15H23N3O2. The summed E-state index contributed by atoms with van der Waals surface area (Å²) in [5.74, 6) is 0.0190. The van der Waals surface area contributed by atoms with E-state index in [0.29, 0.717) is 25.7 Å². The summed E-state index contributed by atoms with van der Waals surface area (Å²) >= 11 is 0. The van der Waals surface area contributed by atoms with Crippen LogP contribution in [0.15, 0.2) is 24.4 Å².